The lowest BCUT2D eigenvalue weighted by Crippen LogP contribution is -2.41. The van der Waals surface area contributed by atoms with Crippen molar-refractivity contribution in [2.75, 3.05) is 39.8 Å². The predicted octanol–water partition coefficient (Wildman–Crippen LogP) is 4.10. The molecule has 25 heavy (non-hydrogen) atoms. The number of nitrogens with zero attached hydrogens (tertiary/aromatic N) is 3. The Morgan fingerprint density at radius 1 is 1.08 bits per heavy atom. The Hall–Kier alpha value is -0.0400. The molecule has 1 aliphatic carbocycles. The van der Waals surface area contributed by atoms with Gasteiger partial charge >= 0.3 is 0 Å². The predicted molar refractivity (Wildman–Crippen MR) is 118 cm³/mol. The maximum atomic E-state index is 4.55. The molecule has 1 atom stereocenters. The monoisotopic (exact) mass is 462 g/mol. The second-order valence-electron chi connectivity index (χ2n) is 8.44. The Morgan fingerprint density at radius 2 is 1.88 bits per heavy atom. The summed E-state index contributed by atoms with van der Waals surface area (Å²) in [7, 11) is 1.94. The lowest BCUT2D eigenvalue weighted by Gasteiger charge is -2.33. The van der Waals surface area contributed by atoms with Crippen molar-refractivity contribution >= 4 is 29.9 Å². The second kappa shape index (κ2) is 10.3. The van der Waals surface area contributed by atoms with Gasteiger partial charge in [-0.05, 0) is 70.4 Å². The summed E-state index contributed by atoms with van der Waals surface area (Å²) in [5, 5.41) is 3.62. The molecule has 1 unspecified atom stereocenters. The molecule has 2 saturated heterocycles. The van der Waals surface area contributed by atoms with Crippen LogP contribution in [0, 0.1) is 5.41 Å². The van der Waals surface area contributed by atoms with Gasteiger partial charge in [0.25, 0.3) is 0 Å². The van der Waals surface area contributed by atoms with Gasteiger partial charge in [0.15, 0.2) is 5.96 Å². The van der Waals surface area contributed by atoms with Gasteiger partial charge in [0.05, 0.1) is 0 Å². The summed E-state index contributed by atoms with van der Waals surface area (Å²) in [6, 6.07) is 0.798. The van der Waals surface area contributed by atoms with E-state index < -0.39 is 0 Å². The summed E-state index contributed by atoms with van der Waals surface area (Å²) in [4.78, 5) is 9.74. The number of halogens is 1. The van der Waals surface area contributed by atoms with E-state index in [1.54, 1.807) is 0 Å². The van der Waals surface area contributed by atoms with Gasteiger partial charge in [0, 0.05) is 32.7 Å². The molecule has 3 aliphatic rings. The Bertz CT molecular complexity index is 420. The van der Waals surface area contributed by atoms with Crippen molar-refractivity contribution in [2.24, 2.45) is 10.4 Å². The molecule has 2 aliphatic heterocycles. The highest BCUT2D eigenvalue weighted by Crippen LogP contribution is 2.45. The average molecular weight is 462 g/mol. The molecular weight excluding hydrogens is 423 g/mol. The quantitative estimate of drug-likeness (QED) is 0.289. The average Bonchev–Trinajstić information content (AvgIpc) is 3.23. The van der Waals surface area contributed by atoms with E-state index in [0.29, 0.717) is 5.41 Å². The summed E-state index contributed by atoms with van der Waals surface area (Å²) in [5.41, 5.74) is 0.627. The minimum absolute atomic E-state index is 0. The zero-order valence-electron chi connectivity index (χ0n) is 16.4. The number of unbranched alkanes of at least 4 members (excludes halogenated alkanes) is 1. The summed E-state index contributed by atoms with van der Waals surface area (Å²) < 4.78 is 0. The van der Waals surface area contributed by atoms with E-state index in [1.165, 1.54) is 90.4 Å². The van der Waals surface area contributed by atoms with Crippen LogP contribution in [0.2, 0.25) is 0 Å². The van der Waals surface area contributed by atoms with Crippen molar-refractivity contribution < 1.29 is 0 Å². The van der Waals surface area contributed by atoms with Crippen LogP contribution in [0.25, 0.3) is 0 Å². The molecule has 1 N–H and O–H groups in total. The first kappa shape index (κ1) is 21.3. The van der Waals surface area contributed by atoms with Gasteiger partial charge in [-0.25, -0.2) is 0 Å². The van der Waals surface area contributed by atoms with Gasteiger partial charge < -0.3 is 15.1 Å². The highest BCUT2D eigenvalue weighted by Gasteiger charge is 2.40. The summed E-state index contributed by atoms with van der Waals surface area (Å²) in [5.74, 6) is 1.14. The van der Waals surface area contributed by atoms with E-state index in [4.69, 9.17) is 0 Å². The molecule has 3 fully saturated rings. The van der Waals surface area contributed by atoms with Crippen molar-refractivity contribution in [1.82, 2.24) is 15.1 Å². The number of aliphatic imine (C=N–C) groups is 1. The van der Waals surface area contributed by atoms with Crippen LogP contribution in [0.3, 0.4) is 0 Å². The van der Waals surface area contributed by atoms with Crippen LogP contribution in [0.4, 0.5) is 0 Å². The summed E-state index contributed by atoms with van der Waals surface area (Å²) >= 11 is 0. The van der Waals surface area contributed by atoms with Crippen molar-refractivity contribution in [3.05, 3.63) is 0 Å². The van der Waals surface area contributed by atoms with E-state index >= 15 is 0 Å². The SMILES string of the molecule is CN=C(NCCCCN1CCCCC1C)N1CCC2(CCCC2)C1.I. The van der Waals surface area contributed by atoms with E-state index in [-0.39, 0.29) is 24.0 Å². The van der Waals surface area contributed by atoms with E-state index in [0.717, 1.165) is 18.5 Å². The third-order valence-electron chi connectivity index (χ3n) is 6.71. The standard InChI is InChI=1S/C20H38N4.HI/c1-18-9-3-7-14-23(18)15-8-6-13-22-19(21-2)24-16-12-20(17-24)10-4-5-11-20;/h18H,3-17H2,1-2H3,(H,21,22);1H. The van der Waals surface area contributed by atoms with Crippen LogP contribution in [0.1, 0.15) is 71.1 Å². The van der Waals surface area contributed by atoms with E-state index in [2.05, 4.69) is 27.0 Å². The highest BCUT2D eigenvalue weighted by atomic mass is 127. The topological polar surface area (TPSA) is 30.9 Å². The number of rotatable bonds is 5. The molecule has 4 nitrogen and oxygen atoms in total. The molecule has 1 saturated carbocycles. The molecule has 0 amide bonds. The first-order valence-electron chi connectivity index (χ1n) is 10.4. The minimum Gasteiger partial charge on any atom is -0.356 e. The molecule has 0 aromatic carbocycles. The third kappa shape index (κ3) is 5.72. The fourth-order valence-electron chi connectivity index (χ4n) is 5.11. The van der Waals surface area contributed by atoms with Gasteiger partial charge in [-0.2, -0.15) is 0 Å². The van der Waals surface area contributed by atoms with E-state index in [9.17, 15) is 0 Å². The fraction of sp³-hybridized carbons (Fsp3) is 0.950. The molecule has 0 bridgehead atoms. The van der Waals surface area contributed by atoms with Crippen molar-refractivity contribution in [1.29, 1.82) is 0 Å². The van der Waals surface area contributed by atoms with Crippen molar-refractivity contribution in [3.63, 3.8) is 0 Å². The van der Waals surface area contributed by atoms with Crippen LogP contribution in [0.15, 0.2) is 4.99 Å². The van der Waals surface area contributed by atoms with Gasteiger partial charge in [-0.1, -0.05) is 19.3 Å². The number of hydrogen-bond donors (Lipinski definition) is 1. The summed E-state index contributed by atoms with van der Waals surface area (Å²) in [6.07, 6.45) is 13.9. The molecule has 1 spiro atoms. The maximum absolute atomic E-state index is 4.55. The largest absolute Gasteiger partial charge is 0.356 e. The molecular formula is C20H39IN4. The highest BCUT2D eigenvalue weighted by molar-refractivity contribution is 14.0. The summed E-state index contributed by atoms with van der Waals surface area (Å²) in [6.45, 7) is 8.48. The van der Waals surface area contributed by atoms with Gasteiger partial charge in [-0.3, -0.25) is 4.99 Å². The first-order chi connectivity index (χ1) is 11.7. The lowest BCUT2D eigenvalue weighted by molar-refractivity contribution is 0.158. The van der Waals surface area contributed by atoms with Crippen LogP contribution in [-0.4, -0.2) is 61.6 Å². The molecule has 3 rings (SSSR count). The maximum Gasteiger partial charge on any atom is 0.193 e. The lowest BCUT2D eigenvalue weighted by atomic mass is 9.86. The zero-order valence-corrected chi connectivity index (χ0v) is 18.8. The number of guanidine groups is 1. The minimum atomic E-state index is 0. The molecule has 0 radical (unpaired) electrons. The third-order valence-corrected chi connectivity index (χ3v) is 6.71. The molecule has 0 aromatic rings. The van der Waals surface area contributed by atoms with Crippen LogP contribution in [0.5, 0.6) is 0 Å². The zero-order chi connectivity index (χ0) is 16.8. The Balaban J connectivity index is 0.00000225. The van der Waals surface area contributed by atoms with Crippen molar-refractivity contribution in [3.8, 4) is 0 Å². The van der Waals surface area contributed by atoms with Gasteiger partial charge in [-0.15, -0.1) is 24.0 Å². The van der Waals surface area contributed by atoms with Crippen LogP contribution in [-0.2, 0) is 0 Å². The number of nitrogens with one attached hydrogen (secondary N) is 1. The normalized spacial score (nSPS) is 26.9. The van der Waals surface area contributed by atoms with Crippen LogP contribution >= 0.6 is 24.0 Å². The van der Waals surface area contributed by atoms with Crippen LogP contribution < -0.4 is 5.32 Å². The molecule has 2 heterocycles. The molecule has 146 valence electrons. The number of hydrogen-bond acceptors (Lipinski definition) is 2. The number of likely N-dealkylation sites (tertiary alicyclic amines) is 2. The Morgan fingerprint density at radius 3 is 2.60 bits per heavy atom. The second-order valence-corrected chi connectivity index (χ2v) is 8.44. The van der Waals surface area contributed by atoms with Crippen molar-refractivity contribution in [2.45, 2.75) is 77.2 Å². The molecule has 0 aromatic heterocycles. The number of piperidine rings is 1. The van der Waals surface area contributed by atoms with Gasteiger partial charge in [0.2, 0.25) is 0 Å². The van der Waals surface area contributed by atoms with Gasteiger partial charge in [0.1, 0.15) is 0 Å². The molecule has 5 heteroatoms. The Kier molecular flexibility index (Phi) is 8.79. The Labute approximate surface area is 172 Å². The van der Waals surface area contributed by atoms with E-state index in [1.807, 2.05) is 7.05 Å². The first-order valence-corrected chi connectivity index (χ1v) is 10.4. The fourth-order valence-corrected chi connectivity index (χ4v) is 5.11. The smallest absolute Gasteiger partial charge is 0.193 e.